The molecule has 1 aromatic heterocycles. The topological polar surface area (TPSA) is 20.3 Å². The first-order valence-corrected chi connectivity index (χ1v) is 8.44. The first-order chi connectivity index (χ1) is 10.1. The van der Waals surface area contributed by atoms with E-state index in [1.165, 1.54) is 23.3 Å². The lowest BCUT2D eigenvalue weighted by Crippen LogP contribution is -2.25. The van der Waals surface area contributed by atoms with Gasteiger partial charge in [0, 0.05) is 23.5 Å². The number of hydrogen-bond donors (Lipinski definition) is 0. The number of carbonyl (C=O) groups excluding carboxylic acids is 1. The molecule has 1 aliphatic carbocycles. The number of fused-ring (bicyclic) bond motifs is 1. The number of aryl methyl sites for hydroxylation is 2. The van der Waals surface area contributed by atoms with Gasteiger partial charge in [-0.1, -0.05) is 23.7 Å². The smallest absolute Gasteiger partial charge is 0.263 e. The van der Waals surface area contributed by atoms with E-state index < -0.39 is 0 Å². The summed E-state index contributed by atoms with van der Waals surface area (Å²) in [6.45, 7) is 0.585. The minimum absolute atomic E-state index is 0.106. The summed E-state index contributed by atoms with van der Waals surface area (Å²) in [7, 11) is 1.85. The van der Waals surface area contributed by atoms with E-state index in [0.29, 0.717) is 11.6 Å². The minimum atomic E-state index is 0.106. The normalized spacial score (nSPS) is 13.8. The van der Waals surface area contributed by atoms with Crippen LogP contribution in [0.2, 0.25) is 5.02 Å². The van der Waals surface area contributed by atoms with E-state index in [1.807, 2.05) is 31.3 Å². The quantitative estimate of drug-likeness (QED) is 0.812. The van der Waals surface area contributed by atoms with Gasteiger partial charge >= 0.3 is 0 Å². The SMILES string of the molecule is CN(Cc1cccc(Cl)c1)C(=O)c1cc2c(s1)CCCC2. The summed E-state index contributed by atoms with van der Waals surface area (Å²) >= 11 is 7.66. The van der Waals surface area contributed by atoms with Crippen LogP contribution < -0.4 is 0 Å². The average Bonchev–Trinajstić information content (AvgIpc) is 2.90. The fraction of sp³-hybridized carbons (Fsp3) is 0.353. The van der Waals surface area contributed by atoms with E-state index in [2.05, 4.69) is 6.07 Å². The van der Waals surface area contributed by atoms with Gasteiger partial charge in [-0.05, 0) is 55.0 Å². The summed E-state index contributed by atoms with van der Waals surface area (Å²) in [4.78, 5) is 16.6. The molecule has 1 aromatic carbocycles. The van der Waals surface area contributed by atoms with Gasteiger partial charge in [0.15, 0.2) is 0 Å². The Morgan fingerprint density at radius 1 is 1.29 bits per heavy atom. The predicted octanol–water partition coefficient (Wildman–Crippen LogP) is 4.55. The summed E-state index contributed by atoms with van der Waals surface area (Å²) in [5.41, 5.74) is 2.44. The van der Waals surface area contributed by atoms with Crippen molar-refractivity contribution in [3.63, 3.8) is 0 Å². The van der Waals surface area contributed by atoms with E-state index in [4.69, 9.17) is 11.6 Å². The van der Waals surface area contributed by atoms with E-state index in [1.54, 1.807) is 16.2 Å². The van der Waals surface area contributed by atoms with Crippen molar-refractivity contribution in [2.24, 2.45) is 0 Å². The molecule has 1 heterocycles. The Morgan fingerprint density at radius 3 is 2.86 bits per heavy atom. The lowest BCUT2D eigenvalue weighted by atomic mass is 9.99. The molecule has 0 aliphatic heterocycles. The summed E-state index contributed by atoms with van der Waals surface area (Å²) < 4.78 is 0. The van der Waals surface area contributed by atoms with Crippen molar-refractivity contribution in [3.8, 4) is 0 Å². The third-order valence-electron chi connectivity index (χ3n) is 3.86. The second-order valence-electron chi connectivity index (χ2n) is 5.56. The summed E-state index contributed by atoms with van der Waals surface area (Å²) in [6, 6.07) is 9.76. The monoisotopic (exact) mass is 319 g/mol. The van der Waals surface area contributed by atoms with Crippen LogP contribution in [0, 0.1) is 0 Å². The van der Waals surface area contributed by atoms with Crippen LogP contribution in [0.5, 0.6) is 0 Å². The maximum atomic E-state index is 12.6. The van der Waals surface area contributed by atoms with Crippen LogP contribution >= 0.6 is 22.9 Å². The van der Waals surface area contributed by atoms with Gasteiger partial charge in [0.2, 0.25) is 0 Å². The summed E-state index contributed by atoms with van der Waals surface area (Å²) in [5.74, 6) is 0.106. The Morgan fingerprint density at radius 2 is 2.10 bits per heavy atom. The number of carbonyl (C=O) groups is 1. The van der Waals surface area contributed by atoms with Gasteiger partial charge in [-0.15, -0.1) is 11.3 Å². The zero-order valence-electron chi connectivity index (χ0n) is 12.1. The highest BCUT2D eigenvalue weighted by atomic mass is 35.5. The van der Waals surface area contributed by atoms with Crippen LogP contribution in [0.15, 0.2) is 30.3 Å². The number of amides is 1. The molecule has 0 saturated carbocycles. The van der Waals surface area contributed by atoms with Crippen molar-refractivity contribution < 1.29 is 4.79 Å². The Bertz CT molecular complexity index is 641. The molecular formula is C17H18ClNOS. The molecule has 0 radical (unpaired) electrons. The average molecular weight is 320 g/mol. The van der Waals surface area contributed by atoms with Crippen LogP contribution in [0.1, 0.15) is 38.5 Å². The Balaban J connectivity index is 1.73. The van der Waals surface area contributed by atoms with Crippen molar-refractivity contribution in [3.05, 3.63) is 56.2 Å². The van der Waals surface area contributed by atoms with Crippen molar-refractivity contribution in [2.75, 3.05) is 7.05 Å². The first-order valence-electron chi connectivity index (χ1n) is 7.25. The summed E-state index contributed by atoms with van der Waals surface area (Å²) in [6.07, 6.45) is 4.75. The molecule has 0 N–H and O–H groups in total. The van der Waals surface area contributed by atoms with Crippen molar-refractivity contribution in [1.82, 2.24) is 4.90 Å². The Labute approximate surface area is 134 Å². The van der Waals surface area contributed by atoms with Gasteiger partial charge in [-0.2, -0.15) is 0 Å². The van der Waals surface area contributed by atoms with Crippen LogP contribution in [-0.2, 0) is 19.4 Å². The van der Waals surface area contributed by atoms with E-state index in [9.17, 15) is 4.79 Å². The van der Waals surface area contributed by atoms with Gasteiger partial charge in [0.05, 0.1) is 4.88 Å². The number of halogens is 1. The van der Waals surface area contributed by atoms with E-state index in [-0.39, 0.29) is 5.91 Å². The Kier molecular flexibility index (Phi) is 4.32. The number of nitrogens with zero attached hydrogens (tertiary/aromatic N) is 1. The number of hydrogen-bond acceptors (Lipinski definition) is 2. The third-order valence-corrected chi connectivity index (χ3v) is 5.32. The molecule has 0 spiro atoms. The van der Waals surface area contributed by atoms with E-state index in [0.717, 1.165) is 23.3 Å². The van der Waals surface area contributed by atoms with Crippen molar-refractivity contribution in [2.45, 2.75) is 32.2 Å². The molecule has 0 unspecified atom stereocenters. The molecule has 2 aromatic rings. The second-order valence-corrected chi connectivity index (χ2v) is 7.13. The van der Waals surface area contributed by atoms with Crippen molar-refractivity contribution >= 4 is 28.8 Å². The molecule has 3 rings (SSSR count). The Hall–Kier alpha value is -1.32. The molecule has 0 saturated heterocycles. The van der Waals surface area contributed by atoms with Crippen molar-refractivity contribution in [1.29, 1.82) is 0 Å². The highest BCUT2D eigenvalue weighted by Crippen LogP contribution is 2.30. The maximum absolute atomic E-state index is 12.6. The fourth-order valence-electron chi connectivity index (χ4n) is 2.77. The number of rotatable bonds is 3. The predicted molar refractivity (Wildman–Crippen MR) is 88.2 cm³/mol. The second kappa shape index (κ2) is 6.20. The lowest BCUT2D eigenvalue weighted by molar-refractivity contribution is 0.0790. The lowest BCUT2D eigenvalue weighted by Gasteiger charge is -2.16. The van der Waals surface area contributed by atoms with Gasteiger partial charge < -0.3 is 4.90 Å². The molecule has 0 bridgehead atoms. The van der Waals surface area contributed by atoms with Gasteiger partial charge in [0.1, 0.15) is 0 Å². The van der Waals surface area contributed by atoms with Gasteiger partial charge in [-0.25, -0.2) is 0 Å². The van der Waals surface area contributed by atoms with Crippen LogP contribution in [-0.4, -0.2) is 17.9 Å². The van der Waals surface area contributed by atoms with Gasteiger partial charge in [-0.3, -0.25) is 4.79 Å². The number of thiophene rings is 1. The van der Waals surface area contributed by atoms with Crippen LogP contribution in [0.25, 0.3) is 0 Å². The standard InChI is InChI=1S/C17H18ClNOS/c1-19(11-12-5-4-7-14(18)9-12)17(20)16-10-13-6-2-3-8-15(13)21-16/h4-5,7,9-10H,2-3,6,8,11H2,1H3. The van der Waals surface area contributed by atoms with Gasteiger partial charge in [0.25, 0.3) is 5.91 Å². The molecule has 1 amide bonds. The zero-order valence-corrected chi connectivity index (χ0v) is 13.6. The molecule has 0 atom stereocenters. The number of benzene rings is 1. The van der Waals surface area contributed by atoms with Crippen LogP contribution in [0.4, 0.5) is 0 Å². The maximum Gasteiger partial charge on any atom is 0.263 e. The molecule has 21 heavy (non-hydrogen) atoms. The molecule has 1 aliphatic rings. The summed E-state index contributed by atoms with van der Waals surface area (Å²) in [5, 5.41) is 0.708. The van der Waals surface area contributed by atoms with E-state index >= 15 is 0 Å². The third kappa shape index (κ3) is 3.30. The first kappa shape index (κ1) is 14.6. The molecule has 2 nitrogen and oxygen atoms in total. The highest BCUT2D eigenvalue weighted by molar-refractivity contribution is 7.14. The fourth-order valence-corrected chi connectivity index (χ4v) is 4.23. The molecular weight excluding hydrogens is 302 g/mol. The molecule has 4 heteroatoms. The molecule has 110 valence electrons. The highest BCUT2D eigenvalue weighted by Gasteiger charge is 2.19. The largest absolute Gasteiger partial charge is 0.337 e. The molecule has 0 fully saturated rings. The van der Waals surface area contributed by atoms with Crippen LogP contribution in [0.3, 0.4) is 0 Å². The zero-order chi connectivity index (χ0) is 14.8. The minimum Gasteiger partial charge on any atom is -0.337 e.